The highest BCUT2D eigenvalue weighted by Gasteiger charge is 2.34. The van der Waals surface area contributed by atoms with E-state index in [2.05, 4.69) is 10.6 Å². The molecule has 1 unspecified atom stereocenters. The zero-order chi connectivity index (χ0) is 22.5. The molecule has 1 aromatic carbocycles. The first-order valence-electron chi connectivity index (χ1n) is 9.58. The third-order valence-corrected chi connectivity index (χ3v) is 6.47. The van der Waals surface area contributed by atoms with Crippen LogP contribution in [0.4, 0.5) is 9.18 Å². The van der Waals surface area contributed by atoms with Gasteiger partial charge in [-0.05, 0) is 57.9 Å². The van der Waals surface area contributed by atoms with Gasteiger partial charge in [-0.2, -0.15) is 4.31 Å². The van der Waals surface area contributed by atoms with Crippen molar-refractivity contribution in [1.29, 1.82) is 0 Å². The number of amides is 3. The summed E-state index contributed by atoms with van der Waals surface area (Å²) in [6, 6.07) is 3.70. The normalized spacial score (nSPS) is 16.7. The Bertz CT molecular complexity index is 880. The van der Waals surface area contributed by atoms with E-state index in [0.29, 0.717) is 0 Å². The molecule has 0 bridgehead atoms. The summed E-state index contributed by atoms with van der Waals surface area (Å²) in [7, 11) is -3.78. The zero-order valence-corrected chi connectivity index (χ0v) is 17.9. The maximum Gasteiger partial charge on any atom is 0.321 e. The van der Waals surface area contributed by atoms with Crippen LogP contribution in [0.3, 0.4) is 0 Å². The van der Waals surface area contributed by atoms with Crippen LogP contribution in [0.25, 0.3) is 0 Å². The molecule has 30 heavy (non-hydrogen) atoms. The molecule has 0 radical (unpaired) electrons. The third-order valence-electron chi connectivity index (χ3n) is 4.56. The van der Waals surface area contributed by atoms with E-state index in [1.807, 2.05) is 0 Å². The highest BCUT2D eigenvalue weighted by molar-refractivity contribution is 7.89. The van der Waals surface area contributed by atoms with Crippen molar-refractivity contribution in [3.05, 3.63) is 30.1 Å². The lowest BCUT2D eigenvalue weighted by molar-refractivity contribution is -0.159. The summed E-state index contributed by atoms with van der Waals surface area (Å²) in [6.45, 7) is 5.00. The van der Waals surface area contributed by atoms with Gasteiger partial charge in [0.1, 0.15) is 5.82 Å². The monoisotopic (exact) mass is 443 g/mol. The Hall–Kier alpha value is -2.53. The van der Waals surface area contributed by atoms with E-state index in [0.717, 1.165) is 12.1 Å². The summed E-state index contributed by atoms with van der Waals surface area (Å²) in [5.74, 6) is -2.47. The number of carbonyl (C=O) groups excluding carboxylic acids is 3. The van der Waals surface area contributed by atoms with Gasteiger partial charge in [-0.15, -0.1) is 0 Å². The molecule has 1 aromatic rings. The number of hydrogen-bond acceptors (Lipinski definition) is 6. The second kappa shape index (κ2) is 9.98. The number of halogens is 1. The van der Waals surface area contributed by atoms with Crippen LogP contribution in [0.15, 0.2) is 29.2 Å². The van der Waals surface area contributed by atoms with Gasteiger partial charge in [0.05, 0.1) is 10.8 Å². The summed E-state index contributed by atoms with van der Waals surface area (Å²) >= 11 is 0. The van der Waals surface area contributed by atoms with E-state index >= 15 is 0 Å². The Labute approximate surface area is 175 Å². The smallest absolute Gasteiger partial charge is 0.321 e. The molecule has 166 valence electrons. The Morgan fingerprint density at radius 2 is 1.67 bits per heavy atom. The number of esters is 1. The summed E-state index contributed by atoms with van der Waals surface area (Å²) in [5.41, 5.74) is 0. The molecule has 0 spiro atoms. The lowest BCUT2D eigenvalue weighted by atomic mass is 9.98. The van der Waals surface area contributed by atoms with Gasteiger partial charge in [0.2, 0.25) is 10.0 Å². The number of urea groups is 1. The van der Waals surface area contributed by atoms with E-state index in [1.54, 1.807) is 13.8 Å². The van der Waals surface area contributed by atoms with Gasteiger partial charge < -0.3 is 10.1 Å². The number of ether oxygens (including phenoxy) is 1. The van der Waals surface area contributed by atoms with Crippen LogP contribution in [0.5, 0.6) is 0 Å². The lowest BCUT2D eigenvalue weighted by Crippen LogP contribution is -2.47. The minimum atomic E-state index is -3.78. The highest BCUT2D eigenvalue weighted by Crippen LogP contribution is 2.25. The molecule has 0 aliphatic carbocycles. The standard InChI is InChI=1S/C19H26FN3O6S/c1-12(2)21-19(26)22-17(24)13(3)29-18(25)14-8-10-23(11-9-14)30(27,28)16-6-4-15(20)5-7-16/h4-7,12-14H,8-11H2,1-3H3,(H2,21,22,24,26). The van der Waals surface area contributed by atoms with Crippen molar-refractivity contribution < 1.29 is 31.9 Å². The van der Waals surface area contributed by atoms with Crippen molar-refractivity contribution in [2.24, 2.45) is 5.92 Å². The number of piperidine rings is 1. The predicted octanol–water partition coefficient (Wildman–Crippen LogP) is 1.39. The fourth-order valence-corrected chi connectivity index (χ4v) is 4.39. The van der Waals surface area contributed by atoms with E-state index in [4.69, 9.17) is 4.74 Å². The summed E-state index contributed by atoms with van der Waals surface area (Å²) < 4.78 is 44.6. The number of nitrogens with zero attached hydrogens (tertiary/aromatic N) is 1. The number of imide groups is 1. The van der Waals surface area contributed by atoms with Crippen LogP contribution in [0, 0.1) is 11.7 Å². The molecule has 1 fully saturated rings. The Morgan fingerprint density at radius 3 is 2.20 bits per heavy atom. The molecule has 1 aliphatic heterocycles. The van der Waals surface area contributed by atoms with Crippen LogP contribution >= 0.6 is 0 Å². The third kappa shape index (κ3) is 6.23. The van der Waals surface area contributed by atoms with Crippen molar-refractivity contribution in [3.63, 3.8) is 0 Å². The van der Waals surface area contributed by atoms with Crippen molar-refractivity contribution in [3.8, 4) is 0 Å². The largest absolute Gasteiger partial charge is 0.452 e. The molecule has 0 saturated carbocycles. The molecular formula is C19H26FN3O6S. The fraction of sp³-hybridized carbons (Fsp3) is 0.526. The molecule has 2 N–H and O–H groups in total. The van der Waals surface area contributed by atoms with Gasteiger partial charge in [-0.3, -0.25) is 14.9 Å². The van der Waals surface area contributed by atoms with E-state index in [1.165, 1.54) is 23.4 Å². The van der Waals surface area contributed by atoms with Crippen LogP contribution in [0.1, 0.15) is 33.6 Å². The van der Waals surface area contributed by atoms with Crippen molar-refractivity contribution in [2.45, 2.75) is 50.7 Å². The second-order valence-electron chi connectivity index (χ2n) is 7.33. The topological polar surface area (TPSA) is 122 Å². The van der Waals surface area contributed by atoms with Gasteiger partial charge in [0, 0.05) is 19.1 Å². The average molecular weight is 443 g/mol. The molecule has 1 aliphatic rings. The molecule has 1 atom stereocenters. The first kappa shape index (κ1) is 23.7. The molecule has 0 aromatic heterocycles. The summed E-state index contributed by atoms with van der Waals surface area (Å²) in [4.78, 5) is 35.8. The minimum Gasteiger partial charge on any atom is -0.452 e. The molecule has 9 nitrogen and oxygen atoms in total. The zero-order valence-electron chi connectivity index (χ0n) is 17.1. The van der Waals surface area contributed by atoms with Gasteiger partial charge >= 0.3 is 12.0 Å². The van der Waals surface area contributed by atoms with Crippen molar-refractivity contribution in [2.75, 3.05) is 13.1 Å². The number of rotatable bonds is 6. The van der Waals surface area contributed by atoms with Gasteiger partial charge in [-0.25, -0.2) is 17.6 Å². The van der Waals surface area contributed by atoms with Crippen LogP contribution in [-0.2, 0) is 24.3 Å². The fourth-order valence-electron chi connectivity index (χ4n) is 2.92. The predicted molar refractivity (Wildman–Crippen MR) is 105 cm³/mol. The molecule has 3 amide bonds. The molecule has 1 saturated heterocycles. The lowest BCUT2D eigenvalue weighted by Gasteiger charge is -2.30. The first-order valence-corrected chi connectivity index (χ1v) is 11.0. The molecule has 2 rings (SSSR count). The number of nitrogens with one attached hydrogen (secondary N) is 2. The Morgan fingerprint density at radius 1 is 1.10 bits per heavy atom. The Balaban J connectivity index is 1.87. The van der Waals surface area contributed by atoms with E-state index in [-0.39, 0.29) is 36.9 Å². The van der Waals surface area contributed by atoms with Gasteiger partial charge in [-0.1, -0.05) is 0 Å². The van der Waals surface area contributed by atoms with Gasteiger partial charge in [0.25, 0.3) is 5.91 Å². The van der Waals surface area contributed by atoms with Crippen LogP contribution < -0.4 is 10.6 Å². The van der Waals surface area contributed by atoms with Crippen molar-refractivity contribution >= 4 is 27.9 Å². The van der Waals surface area contributed by atoms with E-state index in [9.17, 15) is 27.2 Å². The number of sulfonamides is 1. The summed E-state index contributed by atoms with van der Waals surface area (Å²) in [6.07, 6.45) is -0.723. The van der Waals surface area contributed by atoms with Crippen LogP contribution in [0.2, 0.25) is 0 Å². The maximum absolute atomic E-state index is 13.0. The quantitative estimate of drug-likeness (QED) is 0.641. The maximum atomic E-state index is 13.0. The molecule has 1 heterocycles. The van der Waals surface area contributed by atoms with Gasteiger partial charge in [0.15, 0.2) is 6.10 Å². The second-order valence-corrected chi connectivity index (χ2v) is 9.27. The number of carbonyl (C=O) groups is 3. The number of benzene rings is 1. The Kier molecular flexibility index (Phi) is 7.90. The van der Waals surface area contributed by atoms with Crippen molar-refractivity contribution in [1.82, 2.24) is 14.9 Å². The highest BCUT2D eigenvalue weighted by atomic mass is 32.2. The molecule has 11 heteroatoms. The van der Waals surface area contributed by atoms with Crippen LogP contribution in [-0.4, -0.2) is 55.9 Å². The first-order chi connectivity index (χ1) is 14.0. The summed E-state index contributed by atoms with van der Waals surface area (Å²) in [5, 5.41) is 4.57. The van der Waals surface area contributed by atoms with E-state index < -0.39 is 45.8 Å². The molecular weight excluding hydrogens is 417 g/mol. The number of hydrogen-bond donors (Lipinski definition) is 2. The average Bonchev–Trinajstić information content (AvgIpc) is 2.67. The SMILES string of the molecule is CC(C)NC(=O)NC(=O)C(C)OC(=O)C1CCN(S(=O)(=O)c2ccc(F)cc2)CC1. The minimum absolute atomic E-state index is 0.0186.